The van der Waals surface area contributed by atoms with E-state index in [1.807, 2.05) is 25.3 Å². The molecule has 1 amide bonds. The molecule has 0 aliphatic carbocycles. The fourth-order valence-electron chi connectivity index (χ4n) is 6.34. The summed E-state index contributed by atoms with van der Waals surface area (Å²) < 4.78 is 8.82. The standard InChI is InChI=1S/C26H36N4O3Si/c1-16(2)34(17(3)4,18(5)6)30-13-9-21-24(8-11-27-25(21)30)33-20-14-22-19(7)29(26(31)32)12-10-23(22)28-15-20/h8-9,11,13-19H,10,12H2,1-7H3,(H,31,32). The van der Waals surface area contributed by atoms with Gasteiger partial charge in [-0.2, -0.15) is 0 Å². The van der Waals surface area contributed by atoms with E-state index in [9.17, 15) is 9.90 Å². The molecule has 0 fully saturated rings. The van der Waals surface area contributed by atoms with Crippen LogP contribution in [0, 0.1) is 0 Å². The SMILES string of the molecule is CC1c2cc(Oc3ccnc4c3ccn4[Si](C(C)C)(C(C)C)C(C)C)cnc2CCN1C(=O)O. The Bertz CT molecular complexity index is 1180. The van der Waals surface area contributed by atoms with Gasteiger partial charge in [0.25, 0.3) is 0 Å². The van der Waals surface area contributed by atoms with Gasteiger partial charge in [0.15, 0.2) is 8.24 Å². The number of fused-ring (bicyclic) bond motifs is 2. The summed E-state index contributed by atoms with van der Waals surface area (Å²) in [7, 11) is -1.95. The van der Waals surface area contributed by atoms with Gasteiger partial charge in [0, 0.05) is 24.9 Å². The number of hydrogen-bond acceptors (Lipinski definition) is 4. The first-order chi connectivity index (χ1) is 16.1. The van der Waals surface area contributed by atoms with Gasteiger partial charge in [0.2, 0.25) is 0 Å². The third-order valence-electron chi connectivity index (χ3n) is 7.70. The van der Waals surface area contributed by atoms with Crippen molar-refractivity contribution >= 4 is 25.4 Å². The summed E-state index contributed by atoms with van der Waals surface area (Å²) in [4.78, 5) is 22.4. The van der Waals surface area contributed by atoms with E-state index in [0.717, 1.165) is 28.0 Å². The maximum Gasteiger partial charge on any atom is 0.407 e. The molecule has 0 radical (unpaired) electrons. The van der Waals surface area contributed by atoms with E-state index in [-0.39, 0.29) is 6.04 Å². The number of rotatable bonds is 6. The summed E-state index contributed by atoms with van der Waals surface area (Å²) in [6, 6.07) is 5.68. The third kappa shape index (κ3) is 3.78. The lowest BCUT2D eigenvalue weighted by molar-refractivity contribution is 0.124. The van der Waals surface area contributed by atoms with Gasteiger partial charge in [0.05, 0.1) is 17.6 Å². The number of carbonyl (C=O) groups is 1. The van der Waals surface area contributed by atoms with Crippen molar-refractivity contribution in [2.24, 2.45) is 0 Å². The number of hydrogen-bond donors (Lipinski definition) is 1. The van der Waals surface area contributed by atoms with E-state index in [0.29, 0.717) is 35.3 Å². The molecule has 0 spiro atoms. The third-order valence-corrected chi connectivity index (χ3v) is 14.4. The minimum absolute atomic E-state index is 0.259. The Morgan fingerprint density at radius 2 is 1.79 bits per heavy atom. The average molecular weight is 481 g/mol. The van der Waals surface area contributed by atoms with E-state index in [1.54, 1.807) is 6.20 Å². The quantitative estimate of drug-likeness (QED) is 0.390. The minimum Gasteiger partial charge on any atom is -0.465 e. The van der Waals surface area contributed by atoms with Crippen molar-refractivity contribution in [1.82, 2.24) is 19.1 Å². The van der Waals surface area contributed by atoms with Crippen LogP contribution < -0.4 is 4.74 Å². The van der Waals surface area contributed by atoms with E-state index >= 15 is 0 Å². The van der Waals surface area contributed by atoms with Crippen LogP contribution in [0.25, 0.3) is 11.0 Å². The lowest BCUT2D eigenvalue weighted by atomic mass is 9.98. The fraction of sp³-hybridized carbons (Fsp3) is 0.500. The van der Waals surface area contributed by atoms with Gasteiger partial charge < -0.3 is 19.0 Å². The molecule has 182 valence electrons. The number of amides is 1. The first kappa shape index (κ1) is 24.3. The summed E-state index contributed by atoms with van der Waals surface area (Å²) in [5.41, 5.74) is 4.47. The predicted octanol–water partition coefficient (Wildman–Crippen LogP) is 6.84. The molecule has 0 saturated carbocycles. The van der Waals surface area contributed by atoms with Crippen molar-refractivity contribution < 1.29 is 14.6 Å². The number of aromatic nitrogens is 3. The van der Waals surface area contributed by atoms with Gasteiger partial charge in [-0.1, -0.05) is 41.5 Å². The van der Waals surface area contributed by atoms with E-state index in [4.69, 9.17) is 9.72 Å². The van der Waals surface area contributed by atoms with Gasteiger partial charge in [-0.25, -0.2) is 9.78 Å². The second-order valence-corrected chi connectivity index (χ2v) is 16.0. The van der Waals surface area contributed by atoms with Crippen molar-refractivity contribution in [3.05, 3.63) is 48.0 Å². The molecule has 0 saturated heterocycles. The Labute approximate surface area is 202 Å². The normalized spacial score (nSPS) is 16.5. The molecular formula is C26H36N4O3Si. The van der Waals surface area contributed by atoms with Crippen LogP contribution in [0.5, 0.6) is 11.5 Å². The molecule has 8 heteroatoms. The molecule has 3 aromatic heterocycles. The highest BCUT2D eigenvalue weighted by atomic mass is 28.3. The van der Waals surface area contributed by atoms with Gasteiger partial charge in [-0.15, -0.1) is 0 Å². The molecule has 0 bridgehead atoms. The molecular weight excluding hydrogens is 444 g/mol. The van der Waals surface area contributed by atoms with Crippen molar-refractivity contribution in [2.45, 2.75) is 77.6 Å². The Balaban J connectivity index is 1.75. The van der Waals surface area contributed by atoms with E-state index in [1.165, 1.54) is 4.90 Å². The Morgan fingerprint density at radius 1 is 1.12 bits per heavy atom. The lowest BCUT2D eigenvalue weighted by Crippen LogP contribution is -2.51. The molecule has 34 heavy (non-hydrogen) atoms. The molecule has 1 aliphatic rings. The van der Waals surface area contributed by atoms with Gasteiger partial charge in [0.1, 0.15) is 17.1 Å². The molecule has 7 nitrogen and oxygen atoms in total. The highest BCUT2D eigenvalue weighted by Gasteiger charge is 2.46. The Kier molecular flexibility index (Phi) is 6.46. The zero-order valence-electron chi connectivity index (χ0n) is 21.2. The number of pyridine rings is 2. The van der Waals surface area contributed by atoms with Crippen molar-refractivity contribution in [2.75, 3.05) is 6.54 Å². The van der Waals surface area contributed by atoms with E-state index in [2.05, 4.69) is 63.0 Å². The highest BCUT2D eigenvalue weighted by molar-refractivity contribution is 6.82. The van der Waals surface area contributed by atoms with Crippen LogP contribution >= 0.6 is 0 Å². The molecule has 0 aromatic carbocycles. The van der Waals surface area contributed by atoms with Crippen molar-refractivity contribution in [1.29, 1.82) is 0 Å². The molecule has 3 aromatic rings. The topological polar surface area (TPSA) is 80.5 Å². The van der Waals surface area contributed by atoms with Gasteiger partial charge in [-0.3, -0.25) is 4.98 Å². The summed E-state index contributed by atoms with van der Waals surface area (Å²) >= 11 is 0. The van der Waals surface area contributed by atoms with Crippen LogP contribution in [-0.2, 0) is 6.42 Å². The molecule has 4 rings (SSSR count). The smallest absolute Gasteiger partial charge is 0.407 e. The number of nitrogens with zero attached hydrogens (tertiary/aromatic N) is 4. The van der Waals surface area contributed by atoms with Gasteiger partial charge >= 0.3 is 6.09 Å². The van der Waals surface area contributed by atoms with Gasteiger partial charge in [-0.05, 0) is 53.5 Å². The molecule has 1 unspecified atom stereocenters. The molecule has 4 heterocycles. The monoisotopic (exact) mass is 480 g/mol. The van der Waals surface area contributed by atoms with Crippen LogP contribution in [0.2, 0.25) is 16.6 Å². The van der Waals surface area contributed by atoms with Crippen LogP contribution in [0.3, 0.4) is 0 Å². The van der Waals surface area contributed by atoms with Crippen LogP contribution in [-0.4, -0.2) is 45.1 Å². The second-order valence-electron chi connectivity index (χ2n) is 10.3. The maximum absolute atomic E-state index is 11.6. The summed E-state index contributed by atoms with van der Waals surface area (Å²) in [6.45, 7) is 16.4. The summed E-state index contributed by atoms with van der Waals surface area (Å²) in [6.07, 6.45) is 5.46. The van der Waals surface area contributed by atoms with Crippen LogP contribution in [0.4, 0.5) is 4.79 Å². The second kappa shape index (κ2) is 9.06. The van der Waals surface area contributed by atoms with Crippen molar-refractivity contribution in [3.8, 4) is 11.5 Å². The zero-order chi connectivity index (χ0) is 24.8. The largest absolute Gasteiger partial charge is 0.465 e. The maximum atomic E-state index is 11.6. The number of carboxylic acid groups (broad SMARTS) is 1. The van der Waals surface area contributed by atoms with Crippen LogP contribution in [0.1, 0.15) is 65.8 Å². The molecule has 1 N–H and O–H groups in total. The molecule has 1 aliphatic heterocycles. The molecule has 1 atom stereocenters. The summed E-state index contributed by atoms with van der Waals surface area (Å²) in [5.74, 6) is 1.35. The van der Waals surface area contributed by atoms with Crippen LogP contribution in [0.15, 0.2) is 36.8 Å². The van der Waals surface area contributed by atoms with Crippen molar-refractivity contribution in [3.63, 3.8) is 0 Å². The number of ether oxygens (including phenoxy) is 1. The summed E-state index contributed by atoms with van der Waals surface area (Å²) in [5, 5.41) is 10.5. The fourth-order valence-corrected chi connectivity index (χ4v) is 12.9. The highest BCUT2D eigenvalue weighted by Crippen LogP contribution is 2.45. The van der Waals surface area contributed by atoms with E-state index < -0.39 is 14.3 Å². The Morgan fingerprint density at radius 3 is 2.41 bits per heavy atom. The Hall–Kier alpha value is -2.87. The minimum atomic E-state index is -1.95. The predicted molar refractivity (Wildman–Crippen MR) is 137 cm³/mol. The first-order valence-corrected chi connectivity index (χ1v) is 14.4. The average Bonchev–Trinajstić information content (AvgIpc) is 3.19. The first-order valence-electron chi connectivity index (χ1n) is 12.2. The zero-order valence-corrected chi connectivity index (χ0v) is 22.2. The lowest BCUT2D eigenvalue weighted by Gasteiger charge is -2.44.